The predicted molar refractivity (Wildman–Crippen MR) is 105 cm³/mol. The smallest absolute Gasteiger partial charge is 0.220 e. The summed E-state index contributed by atoms with van der Waals surface area (Å²) in [6.45, 7) is 8.56. The van der Waals surface area contributed by atoms with Crippen LogP contribution >= 0.6 is 0 Å². The van der Waals surface area contributed by atoms with Gasteiger partial charge in [0.15, 0.2) is 0 Å². The topological polar surface area (TPSA) is 47.6 Å². The summed E-state index contributed by atoms with van der Waals surface area (Å²) in [5.41, 5.74) is 4.67. The van der Waals surface area contributed by atoms with Gasteiger partial charge in [0.05, 0.1) is 13.2 Å². The largest absolute Gasteiger partial charge is 0.496 e. The average molecular weight is 355 g/mol. The highest BCUT2D eigenvalue weighted by Crippen LogP contribution is 2.19. The van der Waals surface area contributed by atoms with Crippen molar-refractivity contribution in [3.05, 3.63) is 58.7 Å². The van der Waals surface area contributed by atoms with Crippen molar-refractivity contribution in [2.24, 2.45) is 0 Å². The molecule has 4 heteroatoms. The number of hydrogen-bond acceptors (Lipinski definition) is 3. The Morgan fingerprint density at radius 1 is 1.04 bits per heavy atom. The quantitative estimate of drug-likeness (QED) is 0.774. The molecule has 2 rings (SSSR count). The molecule has 1 N–H and O–H groups in total. The SMILES string of the molecule is COc1ccc(CCC(=O)NC(C)COc2ccc(C)c(C)c2)cc1C. The summed E-state index contributed by atoms with van der Waals surface area (Å²) in [4.78, 5) is 12.2. The number of rotatable bonds is 8. The molecule has 0 aliphatic heterocycles. The molecule has 1 amide bonds. The monoisotopic (exact) mass is 355 g/mol. The van der Waals surface area contributed by atoms with Crippen molar-refractivity contribution in [2.75, 3.05) is 13.7 Å². The Morgan fingerprint density at radius 2 is 1.81 bits per heavy atom. The lowest BCUT2D eigenvalue weighted by atomic mass is 10.1. The summed E-state index contributed by atoms with van der Waals surface area (Å²) < 4.78 is 11.0. The van der Waals surface area contributed by atoms with Crippen molar-refractivity contribution in [1.29, 1.82) is 0 Å². The number of nitrogens with one attached hydrogen (secondary N) is 1. The van der Waals surface area contributed by atoms with E-state index in [0.717, 1.165) is 22.6 Å². The zero-order chi connectivity index (χ0) is 19.1. The molecule has 1 unspecified atom stereocenters. The first kappa shape index (κ1) is 19.8. The average Bonchev–Trinajstić information content (AvgIpc) is 2.61. The number of methoxy groups -OCH3 is 1. The molecule has 0 radical (unpaired) electrons. The molecule has 4 nitrogen and oxygen atoms in total. The minimum atomic E-state index is -0.0401. The Labute approximate surface area is 156 Å². The van der Waals surface area contributed by atoms with Gasteiger partial charge in [0, 0.05) is 6.42 Å². The molecular weight excluding hydrogens is 326 g/mol. The molecule has 0 aromatic heterocycles. The van der Waals surface area contributed by atoms with E-state index < -0.39 is 0 Å². The Balaban J connectivity index is 1.76. The molecular formula is C22H29NO3. The number of carbonyl (C=O) groups excluding carboxylic acids is 1. The normalized spacial score (nSPS) is 11.7. The zero-order valence-electron chi connectivity index (χ0n) is 16.4. The van der Waals surface area contributed by atoms with Crippen molar-refractivity contribution in [2.45, 2.75) is 46.6 Å². The molecule has 0 spiro atoms. The first-order valence-electron chi connectivity index (χ1n) is 9.02. The van der Waals surface area contributed by atoms with Crippen LogP contribution in [-0.2, 0) is 11.2 Å². The minimum Gasteiger partial charge on any atom is -0.496 e. The lowest BCUT2D eigenvalue weighted by Gasteiger charge is -2.16. The molecule has 0 saturated heterocycles. The van der Waals surface area contributed by atoms with E-state index in [1.54, 1.807) is 7.11 Å². The van der Waals surface area contributed by atoms with Crippen LogP contribution in [0.2, 0.25) is 0 Å². The third-order valence-electron chi connectivity index (χ3n) is 4.49. The van der Waals surface area contributed by atoms with Crippen LogP contribution in [0.4, 0.5) is 0 Å². The number of carbonyl (C=O) groups is 1. The lowest BCUT2D eigenvalue weighted by Crippen LogP contribution is -2.36. The summed E-state index contributed by atoms with van der Waals surface area (Å²) >= 11 is 0. The summed E-state index contributed by atoms with van der Waals surface area (Å²) in [5.74, 6) is 1.74. The van der Waals surface area contributed by atoms with E-state index in [2.05, 4.69) is 25.2 Å². The highest BCUT2D eigenvalue weighted by atomic mass is 16.5. The fourth-order valence-electron chi connectivity index (χ4n) is 2.77. The van der Waals surface area contributed by atoms with Gasteiger partial charge in [-0.1, -0.05) is 18.2 Å². The van der Waals surface area contributed by atoms with Crippen LogP contribution in [-0.4, -0.2) is 25.7 Å². The second kappa shape index (κ2) is 9.27. The number of ether oxygens (including phenoxy) is 2. The molecule has 1 atom stereocenters. The highest BCUT2D eigenvalue weighted by molar-refractivity contribution is 5.76. The molecule has 0 bridgehead atoms. The second-order valence-corrected chi connectivity index (χ2v) is 6.83. The third kappa shape index (κ3) is 5.80. The molecule has 26 heavy (non-hydrogen) atoms. The maximum atomic E-state index is 12.2. The van der Waals surface area contributed by atoms with Crippen LogP contribution in [0.15, 0.2) is 36.4 Å². The molecule has 0 aliphatic rings. The van der Waals surface area contributed by atoms with Crippen LogP contribution in [0.1, 0.15) is 35.6 Å². The van der Waals surface area contributed by atoms with Crippen LogP contribution in [0.3, 0.4) is 0 Å². The molecule has 0 heterocycles. The molecule has 0 saturated carbocycles. The van der Waals surface area contributed by atoms with E-state index in [4.69, 9.17) is 9.47 Å². The Kier molecular flexibility index (Phi) is 7.07. The first-order valence-corrected chi connectivity index (χ1v) is 9.02. The van der Waals surface area contributed by atoms with E-state index in [1.807, 2.05) is 44.2 Å². The van der Waals surface area contributed by atoms with Crippen LogP contribution < -0.4 is 14.8 Å². The molecule has 0 fully saturated rings. The van der Waals surface area contributed by atoms with E-state index >= 15 is 0 Å². The van der Waals surface area contributed by atoms with Gasteiger partial charge in [0.2, 0.25) is 5.91 Å². The molecule has 2 aromatic rings. The van der Waals surface area contributed by atoms with Crippen molar-refractivity contribution in [3.63, 3.8) is 0 Å². The van der Waals surface area contributed by atoms with E-state index in [9.17, 15) is 4.79 Å². The number of amides is 1. The fourth-order valence-corrected chi connectivity index (χ4v) is 2.77. The van der Waals surface area contributed by atoms with Gasteiger partial charge in [-0.05, 0) is 74.6 Å². The van der Waals surface area contributed by atoms with Gasteiger partial charge in [0.1, 0.15) is 18.1 Å². The summed E-state index contributed by atoms with van der Waals surface area (Å²) in [7, 11) is 1.66. The molecule has 0 aliphatic carbocycles. The lowest BCUT2D eigenvalue weighted by molar-refractivity contribution is -0.121. The summed E-state index contributed by atoms with van der Waals surface area (Å²) in [5, 5.41) is 2.99. The Hall–Kier alpha value is -2.49. The Bertz CT molecular complexity index is 755. The standard InChI is InChI=1S/C22H29NO3/c1-15-6-9-20(13-16(15)2)26-14-18(4)23-22(24)11-8-19-7-10-21(25-5)17(3)12-19/h6-7,9-10,12-13,18H,8,11,14H2,1-5H3,(H,23,24). The molecule has 2 aromatic carbocycles. The van der Waals surface area contributed by atoms with Gasteiger partial charge in [-0.3, -0.25) is 4.79 Å². The van der Waals surface area contributed by atoms with E-state index in [-0.39, 0.29) is 11.9 Å². The van der Waals surface area contributed by atoms with Gasteiger partial charge in [-0.2, -0.15) is 0 Å². The van der Waals surface area contributed by atoms with Crippen molar-refractivity contribution in [1.82, 2.24) is 5.32 Å². The van der Waals surface area contributed by atoms with Crippen LogP contribution in [0.5, 0.6) is 11.5 Å². The van der Waals surface area contributed by atoms with Crippen molar-refractivity contribution < 1.29 is 14.3 Å². The van der Waals surface area contributed by atoms with Gasteiger partial charge in [0.25, 0.3) is 0 Å². The number of aryl methyl sites for hydroxylation is 4. The van der Waals surface area contributed by atoms with Crippen molar-refractivity contribution >= 4 is 5.91 Å². The maximum absolute atomic E-state index is 12.2. The number of benzene rings is 2. The van der Waals surface area contributed by atoms with Crippen molar-refractivity contribution in [3.8, 4) is 11.5 Å². The van der Waals surface area contributed by atoms with E-state index in [1.165, 1.54) is 11.1 Å². The molecule has 140 valence electrons. The fraction of sp³-hybridized carbons (Fsp3) is 0.409. The number of hydrogen-bond donors (Lipinski definition) is 1. The van der Waals surface area contributed by atoms with E-state index in [0.29, 0.717) is 19.4 Å². The van der Waals surface area contributed by atoms with Crippen LogP contribution in [0, 0.1) is 20.8 Å². The summed E-state index contributed by atoms with van der Waals surface area (Å²) in [6, 6.07) is 12.0. The first-order chi connectivity index (χ1) is 12.4. The van der Waals surface area contributed by atoms with Gasteiger partial charge < -0.3 is 14.8 Å². The predicted octanol–water partition coefficient (Wildman–Crippen LogP) is 4.14. The zero-order valence-corrected chi connectivity index (χ0v) is 16.4. The summed E-state index contributed by atoms with van der Waals surface area (Å²) in [6.07, 6.45) is 1.17. The maximum Gasteiger partial charge on any atom is 0.220 e. The second-order valence-electron chi connectivity index (χ2n) is 6.83. The third-order valence-corrected chi connectivity index (χ3v) is 4.49. The minimum absolute atomic E-state index is 0.0367. The highest BCUT2D eigenvalue weighted by Gasteiger charge is 2.09. The van der Waals surface area contributed by atoms with Gasteiger partial charge >= 0.3 is 0 Å². The van der Waals surface area contributed by atoms with Crippen LogP contribution in [0.25, 0.3) is 0 Å². The Morgan fingerprint density at radius 3 is 2.46 bits per heavy atom. The van der Waals surface area contributed by atoms with Gasteiger partial charge in [-0.25, -0.2) is 0 Å². The van der Waals surface area contributed by atoms with Gasteiger partial charge in [-0.15, -0.1) is 0 Å².